The summed E-state index contributed by atoms with van der Waals surface area (Å²) in [6, 6.07) is 0. The van der Waals surface area contributed by atoms with Crippen molar-refractivity contribution < 1.29 is 19.0 Å². The molecular formula is C14H31N3O4. The van der Waals surface area contributed by atoms with Crippen LogP contribution in [0.2, 0.25) is 0 Å². The zero-order chi connectivity index (χ0) is 15.5. The molecule has 0 radical (unpaired) electrons. The van der Waals surface area contributed by atoms with E-state index in [0.717, 1.165) is 39.3 Å². The molecular weight excluding hydrogens is 274 g/mol. The van der Waals surface area contributed by atoms with E-state index in [0.29, 0.717) is 19.8 Å². The molecule has 0 saturated carbocycles. The minimum atomic E-state index is -0.186. The molecule has 1 atom stereocenters. The molecule has 0 amide bonds. The lowest BCUT2D eigenvalue weighted by atomic mass is 10.4. The highest BCUT2D eigenvalue weighted by Gasteiger charge is 2.19. The SMILES string of the molecule is COCCCON(C)C(OCCN1CCOCC1)N(C)C. The van der Waals surface area contributed by atoms with Gasteiger partial charge in [0, 0.05) is 40.4 Å². The van der Waals surface area contributed by atoms with E-state index < -0.39 is 0 Å². The van der Waals surface area contributed by atoms with Gasteiger partial charge in [-0.15, -0.1) is 5.06 Å². The maximum Gasteiger partial charge on any atom is 0.189 e. The van der Waals surface area contributed by atoms with Crippen LogP contribution in [0.15, 0.2) is 0 Å². The van der Waals surface area contributed by atoms with Crippen molar-refractivity contribution in [1.82, 2.24) is 14.9 Å². The third-order valence-electron chi connectivity index (χ3n) is 3.32. The molecule has 0 aromatic heterocycles. The number of ether oxygens (including phenoxy) is 3. The van der Waals surface area contributed by atoms with Crippen LogP contribution in [-0.4, -0.2) is 102 Å². The predicted octanol–water partition coefficient (Wildman–Crippen LogP) is 0.0803. The van der Waals surface area contributed by atoms with Crippen molar-refractivity contribution >= 4 is 0 Å². The molecule has 1 aliphatic rings. The minimum Gasteiger partial charge on any atom is -0.385 e. The van der Waals surface area contributed by atoms with Gasteiger partial charge in [-0.3, -0.25) is 14.6 Å². The Kier molecular flexibility index (Phi) is 10.1. The molecule has 126 valence electrons. The predicted molar refractivity (Wildman–Crippen MR) is 80.9 cm³/mol. The van der Waals surface area contributed by atoms with Crippen LogP contribution in [0.4, 0.5) is 0 Å². The van der Waals surface area contributed by atoms with Crippen molar-refractivity contribution in [2.75, 3.05) is 80.9 Å². The third-order valence-corrected chi connectivity index (χ3v) is 3.32. The van der Waals surface area contributed by atoms with E-state index in [2.05, 4.69) is 4.90 Å². The second-order valence-electron chi connectivity index (χ2n) is 5.34. The summed E-state index contributed by atoms with van der Waals surface area (Å²) >= 11 is 0. The fourth-order valence-electron chi connectivity index (χ4n) is 2.17. The van der Waals surface area contributed by atoms with E-state index >= 15 is 0 Å². The number of methoxy groups -OCH3 is 1. The summed E-state index contributed by atoms with van der Waals surface area (Å²) in [7, 11) is 7.55. The molecule has 1 fully saturated rings. The van der Waals surface area contributed by atoms with Gasteiger partial charge in [-0.1, -0.05) is 0 Å². The zero-order valence-electron chi connectivity index (χ0n) is 13.9. The van der Waals surface area contributed by atoms with Crippen molar-refractivity contribution in [3.63, 3.8) is 0 Å². The van der Waals surface area contributed by atoms with Crippen molar-refractivity contribution in [3.05, 3.63) is 0 Å². The topological polar surface area (TPSA) is 46.6 Å². The molecule has 0 aliphatic carbocycles. The van der Waals surface area contributed by atoms with E-state index in [1.54, 1.807) is 12.2 Å². The average Bonchev–Trinajstić information content (AvgIpc) is 2.48. The van der Waals surface area contributed by atoms with Gasteiger partial charge in [0.25, 0.3) is 0 Å². The number of hydroxylamine groups is 2. The van der Waals surface area contributed by atoms with Crippen LogP contribution < -0.4 is 0 Å². The van der Waals surface area contributed by atoms with Crippen LogP contribution in [0.25, 0.3) is 0 Å². The summed E-state index contributed by atoms with van der Waals surface area (Å²) in [4.78, 5) is 10.0. The van der Waals surface area contributed by atoms with Crippen LogP contribution in [0.1, 0.15) is 6.42 Å². The van der Waals surface area contributed by atoms with E-state index in [1.807, 2.05) is 26.0 Å². The normalized spacial score (nSPS) is 18.6. The minimum absolute atomic E-state index is 0.186. The third kappa shape index (κ3) is 8.06. The highest BCUT2D eigenvalue weighted by atomic mass is 16.7. The van der Waals surface area contributed by atoms with Gasteiger partial charge in [0.05, 0.1) is 26.4 Å². The highest BCUT2D eigenvalue weighted by Crippen LogP contribution is 2.05. The summed E-state index contributed by atoms with van der Waals surface area (Å²) < 4.78 is 16.3. The lowest BCUT2D eigenvalue weighted by Crippen LogP contribution is -2.46. The molecule has 0 bridgehead atoms. The first-order valence-electron chi connectivity index (χ1n) is 7.58. The number of morpholine rings is 1. The lowest BCUT2D eigenvalue weighted by molar-refractivity contribution is -0.278. The van der Waals surface area contributed by atoms with Crippen molar-refractivity contribution in [1.29, 1.82) is 0 Å². The van der Waals surface area contributed by atoms with Crippen molar-refractivity contribution in [3.8, 4) is 0 Å². The molecule has 7 heteroatoms. The van der Waals surface area contributed by atoms with Crippen molar-refractivity contribution in [2.24, 2.45) is 0 Å². The van der Waals surface area contributed by atoms with Gasteiger partial charge in [0.1, 0.15) is 0 Å². The summed E-state index contributed by atoms with van der Waals surface area (Å²) in [6.07, 6.45) is 0.683. The van der Waals surface area contributed by atoms with Crippen molar-refractivity contribution in [2.45, 2.75) is 12.8 Å². The Balaban J connectivity index is 2.21. The standard InChI is InChI=1S/C14H31N3O4/c1-15(2)14(16(3)21-10-5-9-18-4)20-13-8-17-6-11-19-12-7-17/h14H,5-13H2,1-4H3. The number of hydrogen-bond donors (Lipinski definition) is 0. The van der Waals surface area contributed by atoms with E-state index in [9.17, 15) is 0 Å². The van der Waals surface area contributed by atoms with E-state index in [-0.39, 0.29) is 6.35 Å². The molecule has 0 aromatic carbocycles. The summed E-state index contributed by atoms with van der Waals surface area (Å²) in [5.41, 5.74) is 0. The summed E-state index contributed by atoms with van der Waals surface area (Å²) in [6.45, 7) is 6.54. The number of nitrogens with zero attached hydrogens (tertiary/aromatic N) is 3. The number of rotatable bonds is 11. The average molecular weight is 305 g/mol. The maximum absolute atomic E-state index is 5.94. The quantitative estimate of drug-likeness (QED) is 0.304. The monoisotopic (exact) mass is 305 g/mol. The van der Waals surface area contributed by atoms with Gasteiger partial charge in [-0.05, 0) is 20.5 Å². The van der Waals surface area contributed by atoms with Gasteiger partial charge in [0.2, 0.25) is 0 Å². The Morgan fingerprint density at radius 2 is 1.81 bits per heavy atom. The second kappa shape index (κ2) is 11.3. The molecule has 1 aliphatic heterocycles. The molecule has 0 aromatic rings. The Morgan fingerprint density at radius 3 is 2.43 bits per heavy atom. The first-order valence-corrected chi connectivity index (χ1v) is 7.58. The number of hydrogen-bond acceptors (Lipinski definition) is 7. The lowest BCUT2D eigenvalue weighted by Gasteiger charge is -2.33. The van der Waals surface area contributed by atoms with E-state index in [1.165, 1.54) is 0 Å². The van der Waals surface area contributed by atoms with Gasteiger partial charge < -0.3 is 14.2 Å². The van der Waals surface area contributed by atoms with Gasteiger partial charge in [0.15, 0.2) is 6.35 Å². The van der Waals surface area contributed by atoms with Crippen LogP contribution >= 0.6 is 0 Å². The smallest absolute Gasteiger partial charge is 0.189 e. The van der Waals surface area contributed by atoms with Crippen LogP contribution in [-0.2, 0) is 19.0 Å². The second-order valence-corrected chi connectivity index (χ2v) is 5.34. The summed E-state index contributed by atoms with van der Waals surface area (Å²) in [5, 5.41) is 1.76. The fraction of sp³-hybridized carbons (Fsp3) is 1.00. The fourth-order valence-corrected chi connectivity index (χ4v) is 2.17. The molecule has 1 unspecified atom stereocenters. The Labute approximate surface area is 128 Å². The van der Waals surface area contributed by atoms with Crippen LogP contribution in [0.5, 0.6) is 0 Å². The molecule has 1 rings (SSSR count). The Morgan fingerprint density at radius 1 is 1.10 bits per heavy atom. The van der Waals surface area contributed by atoms with E-state index in [4.69, 9.17) is 19.0 Å². The summed E-state index contributed by atoms with van der Waals surface area (Å²) in [5.74, 6) is 0. The molecule has 0 N–H and O–H groups in total. The first kappa shape index (κ1) is 18.8. The molecule has 1 heterocycles. The van der Waals surface area contributed by atoms with Crippen LogP contribution in [0, 0.1) is 0 Å². The van der Waals surface area contributed by atoms with Crippen LogP contribution in [0.3, 0.4) is 0 Å². The molecule has 7 nitrogen and oxygen atoms in total. The Hall–Kier alpha value is -0.280. The highest BCUT2D eigenvalue weighted by molar-refractivity contribution is 4.61. The van der Waals surface area contributed by atoms with Gasteiger partial charge >= 0.3 is 0 Å². The van der Waals surface area contributed by atoms with Gasteiger partial charge in [-0.2, -0.15) is 0 Å². The largest absolute Gasteiger partial charge is 0.385 e. The zero-order valence-corrected chi connectivity index (χ0v) is 13.9. The maximum atomic E-state index is 5.94. The molecule has 0 spiro atoms. The first-order chi connectivity index (χ1) is 10.1. The molecule has 1 saturated heterocycles. The Bertz CT molecular complexity index is 250. The molecule has 21 heavy (non-hydrogen) atoms. The van der Waals surface area contributed by atoms with Gasteiger partial charge in [-0.25, -0.2) is 0 Å².